The first-order valence-electron chi connectivity index (χ1n) is 6.57. The number of rotatable bonds is 6. The van der Waals surface area contributed by atoms with E-state index in [-0.39, 0.29) is 5.69 Å². The Hall–Kier alpha value is -2.47. The van der Waals surface area contributed by atoms with Crippen LogP contribution >= 0.6 is 0 Å². The Morgan fingerprint density at radius 3 is 2.81 bits per heavy atom. The minimum Gasteiger partial charge on any atom is -0.493 e. The van der Waals surface area contributed by atoms with Crippen molar-refractivity contribution in [1.29, 1.82) is 0 Å². The van der Waals surface area contributed by atoms with Crippen molar-refractivity contribution in [1.82, 2.24) is 4.98 Å². The van der Waals surface area contributed by atoms with Gasteiger partial charge in [0, 0.05) is 36.0 Å². The van der Waals surface area contributed by atoms with Gasteiger partial charge in [-0.1, -0.05) is 6.07 Å². The molecule has 0 aliphatic rings. The molecule has 0 unspecified atom stereocenters. The number of hydrogen-bond acceptors (Lipinski definition) is 5. The van der Waals surface area contributed by atoms with Crippen molar-refractivity contribution in [3.63, 3.8) is 0 Å². The third kappa shape index (κ3) is 4.00. The lowest BCUT2D eigenvalue weighted by atomic mass is 10.1. The summed E-state index contributed by atoms with van der Waals surface area (Å²) in [5, 5.41) is 20.5. The van der Waals surface area contributed by atoms with E-state index >= 15 is 0 Å². The van der Waals surface area contributed by atoms with Crippen LogP contribution in [0.2, 0.25) is 0 Å². The number of benzene rings is 1. The molecule has 110 valence electrons. The zero-order valence-electron chi connectivity index (χ0n) is 11.6. The van der Waals surface area contributed by atoms with Crippen molar-refractivity contribution >= 4 is 5.69 Å². The smallest absolute Gasteiger partial charge is 0.270 e. The van der Waals surface area contributed by atoms with Crippen LogP contribution in [0.3, 0.4) is 0 Å². The number of aromatic nitrogens is 1. The molecule has 0 saturated carbocycles. The first-order valence-corrected chi connectivity index (χ1v) is 6.57. The summed E-state index contributed by atoms with van der Waals surface area (Å²) < 4.78 is 5.61. The Labute approximate surface area is 122 Å². The number of non-ortho nitro benzene ring substituents is 1. The van der Waals surface area contributed by atoms with Crippen LogP contribution in [0.15, 0.2) is 42.6 Å². The van der Waals surface area contributed by atoms with Gasteiger partial charge in [-0.05, 0) is 25.1 Å². The number of ether oxygens (including phenoxy) is 1. The summed E-state index contributed by atoms with van der Waals surface area (Å²) in [5.74, 6) is 0.450. The molecular weight excluding hydrogens is 272 g/mol. The molecule has 1 heterocycles. The Balaban J connectivity index is 2.07. The maximum Gasteiger partial charge on any atom is 0.270 e. The van der Waals surface area contributed by atoms with Crippen LogP contribution in [0.25, 0.3) is 0 Å². The van der Waals surface area contributed by atoms with Crippen LogP contribution in [-0.4, -0.2) is 21.6 Å². The SMILES string of the molecule is C[C@@H](O)c1cc([N+](=O)[O-])ccc1OCCc1ccccn1. The summed E-state index contributed by atoms with van der Waals surface area (Å²) in [5.41, 5.74) is 1.24. The van der Waals surface area contributed by atoms with Gasteiger partial charge >= 0.3 is 0 Å². The molecule has 1 aromatic heterocycles. The predicted octanol–water partition coefficient (Wildman–Crippen LogP) is 2.66. The van der Waals surface area contributed by atoms with Crippen LogP contribution in [0, 0.1) is 10.1 Å². The molecule has 2 aromatic rings. The Kier molecular flexibility index (Phi) is 4.84. The Morgan fingerprint density at radius 1 is 1.38 bits per heavy atom. The van der Waals surface area contributed by atoms with E-state index in [1.54, 1.807) is 13.1 Å². The van der Waals surface area contributed by atoms with Crippen molar-refractivity contribution in [2.45, 2.75) is 19.4 Å². The lowest BCUT2D eigenvalue weighted by Crippen LogP contribution is -2.06. The van der Waals surface area contributed by atoms with Gasteiger partial charge in [0.2, 0.25) is 0 Å². The maximum absolute atomic E-state index is 10.8. The van der Waals surface area contributed by atoms with Crippen molar-refractivity contribution in [3.05, 3.63) is 64.0 Å². The van der Waals surface area contributed by atoms with Crippen LogP contribution in [0.4, 0.5) is 5.69 Å². The molecule has 0 saturated heterocycles. The maximum atomic E-state index is 10.8. The van der Waals surface area contributed by atoms with Gasteiger partial charge in [-0.15, -0.1) is 0 Å². The first kappa shape index (κ1) is 14.9. The van der Waals surface area contributed by atoms with Crippen LogP contribution in [-0.2, 0) is 6.42 Å². The number of hydrogen-bond donors (Lipinski definition) is 1. The molecular formula is C15H16N2O4. The fraction of sp³-hybridized carbons (Fsp3) is 0.267. The summed E-state index contributed by atoms with van der Waals surface area (Å²) in [7, 11) is 0. The molecule has 1 atom stereocenters. The predicted molar refractivity (Wildman–Crippen MR) is 77.2 cm³/mol. The van der Waals surface area contributed by atoms with E-state index in [2.05, 4.69) is 4.98 Å². The summed E-state index contributed by atoms with van der Waals surface area (Å²) in [6.45, 7) is 1.93. The van der Waals surface area contributed by atoms with E-state index in [4.69, 9.17) is 4.74 Å². The largest absolute Gasteiger partial charge is 0.493 e. The van der Waals surface area contributed by atoms with Crippen LogP contribution in [0.1, 0.15) is 24.3 Å². The monoisotopic (exact) mass is 288 g/mol. The van der Waals surface area contributed by atoms with Crippen molar-refractivity contribution in [2.75, 3.05) is 6.61 Å². The molecule has 0 amide bonds. The fourth-order valence-corrected chi connectivity index (χ4v) is 1.92. The van der Waals surface area contributed by atoms with Gasteiger partial charge in [0.25, 0.3) is 5.69 Å². The second-order valence-corrected chi connectivity index (χ2v) is 4.57. The number of nitrogens with zero attached hydrogens (tertiary/aromatic N) is 2. The number of pyridine rings is 1. The summed E-state index contributed by atoms with van der Waals surface area (Å²) >= 11 is 0. The highest BCUT2D eigenvalue weighted by Gasteiger charge is 2.15. The van der Waals surface area contributed by atoms with Gasteiger partial charge in [-0.2, -0.15) is 0 Å². The summed E-state index contributed by atoms with van der Waals surface area (Å²) in [6.07, 6.45) is 1.49. The first-order chi connectivity index (χ1) is 10.1. The molecule has 0 fully saturated rings. The number of nitro groups is 1. The highest BCUT2D eigenvalue weighted by molar-refractivity contribution is 5.44. The molecule has 6 nitrogen and oxygen atoms in total. The van der Waals surface area contributed by atoms with Crippen molar-refractivity contribution in [3.8, 4) is 5.75 Å². The third-order valence-electron chi connectivity index (χ3n) is 3.00. The molecule has 0 spiro atoms. The standard InChI is InChI=1S/C15H16N2O4/c1-11(18)14-10-13(17(19)20)5-6-15(14)21-9-7-12-4-2-3-8-16-12/h2-6,8,10-11,18H,7,9H2,1H3/t11-/m1/s1. The van der Waals surface area contributed by atoms with Gasteiger partial charge in [0.1, 0.15) is 5.75 Å². The van der Waals surface area contributed by atoms with Gasteiger partial charge in [0.05, 0.1) is 17.6 Å². The zero-order valence-corrected chi connectivity index (χ0v) is 11.6. The molecule has 2 rings (SSSR count). The van der Waals surface area contributed by atoms with E-state index in [9.17, 15) is 15.2 Å². The molecule has 0 aliphatic carbocycles. The number of aliphatic hydroxyl groups is 1. The average molecular weight is 288 g/mol. The molecule has 0 radical (unpaired) electrons. The van der Waals surface area contributed by atoms with Gasteiger partial charge in [0.15, 0.2) is 0 Å². The van der Waals surface area contributed by atoms with E-state index in [1.165, 1.54) is 18.2 Å². The minimum absolute atomic E-state index is 0.0667. The van der Waals surface area contributed by atoms with Gasteiger partial charge in [-0.3, -0.25) is 15.1 Å². The Bertz CT molecular complexity index is 614. The van der Waals surface area contributed by atoms with E-state index < -0.39 is 11.0 Å². The highest BCUT2D eigenvalue weighted by Crippen LogP contribution is 2.29. The normalized spacial score (nSPS) is 11.9. The average Bonchev–Trinajstić information content (AvgIpc) is 2.48. The molecule has 1 N–H and O–H groups in total. The van der Waals surface area contributed by atoms with Gasteiger partial charge < -0.3 is 9.84 Å². The van der Waals surface area contributed by atoms with E-state index in [1.807, 2.05) is 18.2 Å². The molecule has 0 bridgehead atoms. The number of aliphatic hydroxyl groups excluding tert-OH is 1. The molecule has 6 heteroatoms. The lowest BCUT2D eigenvalue weighted by molar-refractivity contribution is -0.385. The van der Waals surface area contributed by atoms with Crippen molar-refractivity contribution < 1.29 is 14.8 Å². The van der Waals surface area contributed by atoms with Crippen molar-refractivity contribution in [2.24, 2.45) is 0 Å². The highest BCUT2D eigenvalue weighted by atomic mass is 16.6. The molecule has 0 aliphatic heterocycles. The molecule has 21 heavy (non-hydrogen) atoms. The number of nitro benzene ring substituents is 1. The topological polar surface area (TPSA) is 85.5 Å². The summed E-state index contributed by atoms with van der Waals surface area (Å²) in [4.78, 5) is 14.5. The fourth-order valence-electron chi connectivity index (χ4n) is 1.92. The van der Waals surface area contributed by atoms with Crippen LogP contribution in [0.5, 0.6) is 5.75 Å². The second kappa shape index (κ2) is 6.81. The molecule has 1 aromatic carbocycles. The second-order valence-electron chi connectivity index (χ2n) is 4.57. The minimum atomic E-state index is -0.838. The van der Waals surface area contributed by atoms with Gasteiger partial charge in [-0.25, -0.2) is 0 Å². The zero-order chi connectivity index (χ0) is 15.2. The quantitative estimate of drug-likeness (QED) is 0.652. The third-order valence-corrected chi connectivity index (χ3v) is 3.00. The Morgan fingerprint density at radius 2 is 2.19 bits per heavy atom. The van der Waals surface area contributed by atoms with E-state index in [0.717, 1.165) is 5.69 Å². The van der Waals surface area contributed by atoms with E-state index in [0.29, 0.717) is 24.3 Å². The lowest BCUT2D eigenvalue weighted by Gasteiger charge is -2.13. The van der Waals surface area contributed by atoms with Crippen LogP contribution < -0.4 is 4.74 Å². The summed E-state index contributed by atoms with van der Waals surface area (Å²) in [6, 6.07) is 9.85.